The van der Waals surface area contributed by atoms with Gasteiger partial charge >= 0.3 is 6.03 Å². The Labute approximate surface area is 165 Å². The van der Waals surface area contributed by atoms with Crippen LogP contribution < -0.4 is 15.4 Å². The summed E-state index contributed by atoms with van der Waals surface area (Å²) in [5, 5.41) is 5.21. The predicted molar refractivity (Wildman–Crippen MR) is 107 cm³/mol. The number of ether oxygens (including phenoxy) is 1. The van der Waals surface area contributed by atoms with Gasteiger partial charge in [0.05, 0.1) is 7.11 Å². The largest absolute Gasteiger partial charge is 0.497 e. The van der Waals surface area contributed by atoms with Crippen LogP contribution in [0.15, 0.2) is 54.9 Å². The van der Waals surface area contributed by atoms with Crippen molar-refractivity contribution in [3.8, 4) is 17.1 Å². The first kappa shape index (κ1) is 18.4. The molecule has 0 aliphatic rings. The highest BCUT2D eigenvalue weighted by Crippen LogP contribution is 2.27. The van der Waals surface area contributed by atoms with Crippen LogP contribution in [-0.2, 0) is 7.05 Å². The number of aromatic nitrogens is 4. The van der Waals surface area contributed by atoms with Gasteiger partial charge in [-0.3, -0.25) is 5.32 Å². The maximum Gasteiger partial charge on any atom is 0.324 e. The molecule has 0 aliphatic carbocycles. The van der Waals surface area contributed by atoms with Crippen molar-refractivity contribution in [1.29, 1.82) is 0 Å². The molecular formula is C20H17FN6O2. The molecule has 4 aromatic rings. The molecule has 0 fully saturated rings. The first-order valence-electron chi connectivity index (χ1n) is 8.70. The molecule has 0 saturated carbocycles. The van der Waals surface area contributed by atoms with E-state index in [-0.39, 0.29) is 5.82 Å². The number of hydrogen-bond donors (Lipinski definition) is 2. The number of anilines is 2. The van der Waals surface area contributed by atoms with Crippen molar-refractivity contribution in [2.75, 3.05) is 17.7 Å². The lowest BCUT2D eigenvalue weighted by Crippen LogP contribution is -2.20. The Kier molecular flexibility index (Phi) is 4.78. The van der Waals surface area contributed by atoms with Gasteiger partial charge in [-0.1, -0.05) is 6.07 Å². The predicted octanol–water partition coefficient (Wildman–Crippen LogP) is 3.82. The first-order chi connectivity index (χ1) is 14.0. The highest BCUT2D eigenvalue weighted by molar-refractivity contribution is 6.03. The molecule has 8 nitrogen and oxygen atoms in total. The normalized spacial score (nSPS) is 10.7. The van der Waals surface area contributed by atoms with Crippen LogP contribution in [-0.4, -0.2) is 32.7 Å². The van der Waals surface area contributed by atoms with E-state index in [1.54, 1.807) is 13.2 Å². The molecule has 29 heavy (non-hydrogen) atoms. The van der Waals surface area contributed by atoms with Crippen LogP contribution in [0.1, 0.15) is 0 Å². The third kappa shape index (κ3) is 3.70. The zero-order valence-electron chi connectivity index (χ0n) is 15.7. The van der Waals surface area contributed by atoms with Crippen molar-refractivity contribution in [3.63, 3.8) is 0 Å². The van der Waals surface area contributed by atoms with Crippen LogP contribution in [0.3, 0.4) is 0 Å². The number of halogens is 1. The highest BCUT2D eigenvalue weighted by atomic mass is 19.1. The third-order valence-corrected chi connectivity index (χ3v) is 4.32. The molecular weight excluding hydrogens is 375 g/mol. The number of nitrogens with one attached hydrogen (secondary N) is 2. The van der Waals surface area contributed by atoms with Crippen molar-refractivity contribution in [1.82, 2.24) is 19.5 Å². The summed E-state index contributed by atoms with van der Waals surface area (Å²) in [6.45, 7) is 0. The minimum Gasteiger partial charge on any atom is -0.497 e. The van der Waals surface area contributed by atoms with E-state index >= 15 is 0 Å². The molecule has 0 atom stereocenters. The SMILES string of the molecule is COc1ccc(-c2nc3c(NC(=O)Nc4cccc(F)c4)ncnc3n2C)cc1. The Hall–Kier alpha value is -4.01. The summed E-state index contributed by atoms with van der Waals surface area (Å²) in [6.07, 6.45) is 1.35. The molecule has 0 saturated heterocycles. The number of hydrogen-bond acceptors (Lipinski definition) is 5. The van der Waals surface area contributed by atoms with Crippen LogP contribution in [0.5, 0.6) is 5.75 Å². The first-order valence-corrected chi connectivity index (χ1v) is 8.70. The summed E-state index contributed by atoms with van der Waals surface area (Å²) < 4.78 is 20.3. The number of carbonyl (C=O) groups is 1. The minimum atomic E-state index is -0.563. The van der Waals surface area contributed by atoms with Gasteiger partial charge in [0.1, 0.15) is 23.7 Å². The summed E-state index contributed by atoms with van der Waals surface area (Å²) in [7, 11) is 3.44. The van der Waals surface area contributed by atoms with E-state index in [9.17, 15) is 9.18 Å². The van der Waals surface area contributed by atoms with Crippen LogP contribution >= 0.6 is 0 Å². The fraction of sp³-hybridized carbons (Fsp3) is 0.100. The van der Waals surface area contributed by atoms with E-state index in [1.807, 2.05) is 35.9 Å². The van der Waals surface area contributed by atoms with Gasteiger partial charge in [-0.05, 0) is 42.5 Å². The van der Waals surface area contributed by atoms with Gasteiger partial charge in [-0.25, -0.2) is 24.1 Å². The topological polar surface area (TPSA) is 94.0 Å². The van der Waals surface area contributed by atoms with E-state index in [1.165, 1.54) is 24.5 Å². The third-order valence-electron chi connectivity index (χ3n) is 4.32. The molecule has 4 rings (SSSR count). The zero-order valence-corrected chi connectivity index (χ0v) is 15.7. The summed E-state index contributed by atoms with van der Waals surface area (Å²) in [6, 6.07) is 12.5. The maximum absolute atomic E-state index is 13.3. The molecule has 146 valence electrons. The average Bonchev–Trinajstić information content (AvgIpc) is 3.06. The lowest BCUT2D eigenvalue weighted by molar-refractivity contribution is 0.262. The van der Waals surface area contributed by atoms with Crippen LogP contribution in [0, 0.1) is 5.82 Å². The van der Waals surface area contributed by atoms with Crippen molar-refractivity contribution in [2.24, 2.45) is 7.05 Å². The van der Waals surface area contributed by atoms with E-state index in [2.05, 4.69) is 25.6 Å². The minimum absolute atomic E-state index is 0.249. The fourth-order valence-electron chi connectivity index (χ4n) is 2.92. The molecule has 0 spiro atoms. The van der Waals surface area contributed by atoms with E-state index in [0.717, 1.165) is 11.3 Å². The number of nitrogens with zero attached hydrogens (tertiary/aromatic N) is 4. The van der Waals surface area contributed by atoms with Gasteiger partial charge in [0, 0.05) is 18.3 Å². The Bertz CT molecular complexity index is 1190. The van der Waals surface area contributed by atoms with Crippen LogP contribution in [0.4, 0.5) is 20.7 Å². The smallest absolute Gasteiger partial charge is 0.324 e. The molecule has 0 aliphatic heterocycles. The number of fused-ring (bicyclic) bond motifs is 1. The Morgan fingerprint density at radius 3 is 2.62 bits per heavy atom. The second kappa shape index (κ2) is 7.55. The van der Waals surface area contributed by atoms with Gasteiger partial charge in [0.2, 0.25) is 0 Å². The van der Waals surface area contributed by atoms with E-state index < -0.39 is 11.8 Å². The summed E-state index contributed by atoms with van der Waals surface area (Å²) in [5.74, 6) is 1.21. The number of imidazole rings is 1. The Balaban J connectivity index is 1.64. The van der Waals surface area contributed by atoms with Crippen LogP contribution in [0.2, 0.25) is 0 Å². The second-order valence-corrected chi connectivity index (χ2v) is 6.21. The number of urea groups is 1. The zero-order chi connectivity index (χ0) is 20.4. The fourth-order valence-corrected chi connectivity index (χ4v) is 2.92. The number of benzene rings is 2. The number of rotatable bonds is 4. The molecule has 0 unspecified atom stereocenters. The monoisotopic (exact) mass is 392 g/mol. The number of methoxy groups -OCH3 is 1. The molecule has 2 amide bonds. The Morgan fingerprint density at radius 2 is 1.90 bits per heavy atom. The van der Waals surface area contributed by atoms with Gasteiger partial charge in [0.15, 0.2) is 17.0 Å². The van der Waals surface area contributed by atoms with E-state index in [0.29, 0.717) is 22.7 Å². The number of carbonyl (C=O) groups excluding carboxylic acids is 1. The molecule has 0 radical (unpaired) electrons. The maximum atomic E-state index is 13.3. The summed E-state index contributed by atoms with van der Waals surface area (Å²) in [4.78, 5) is 25.3. The molecule has 9 heteroatoms. The Morgan fingerprint density at radius 1 is 1.10 bits per heavy atom. The quantitative estimate of drug-likeness (QED) is 0.551. The van der Waals surface area contributed by atoms with Gasteiger partial charge in [-0.2, -0.15) is 0 Å². The highest BCUT2D eigenvalue weighted by Gasteiger charge is 2.16. The molecule has 0 bridgehead atoms. The van der Waals surface area contributed by atoms with Gasteiger partial charge in [0.25, 0.3) is 0 Å². The molecule has 2 aromatic carbocycles. The summed E-state index contributed by atoms with van der Waals surface area (Å²) >= 11 is 0. The van der Waals surface area contributed by atoms with E-state index in [4.69, 9.17) is 4.74 Å². The number of amides is 2. The van der Waals surface area contributed by atoms with Crippen molar-refractivity contribution < 1.29 is 13.9 Å². The lowest BCUT2D eigenvalue weighted by atomic mass is 10.2. The standard InChI is InChI=1S/C20H17FN6O2/c1-27-18(12-6-8-15(29-2)9-7-12)25-16-17(22-11-23-19(16)27)26-20(28)24-14-5-3-4-13(21)10-14/h3-11H,1-2H3,(H2,22,23,24,26,28). The van der Waals surface area contributed by atoms with Gasteiger partial charge < -0.3 is 14.6 Å². The number of aryl methyl sites for hydroxylation is 1. The second-order valence-electron chi connectivity index (χ2n) is 6.21. The van der Waals surface area contributed by atoms with Crippen LogP contribution in [0.25, 0.3) is 22.6 Å². The van der Waals surface area contributed by atoms with Crippen molar-refractivity contribution >= 4 is 28.7 Å². The lowest BCUT2D eigenvalue weighted by Gasteiger charge is -2.07. The van der Waals surface area contributed by atoms with Crippen molar-refractivity contribution in [2.45, 2.75) is 0 Å². The summed E-state index contributed by atoms with van der Waals surface area (Å²) in [5.41, 5.74) is 2.19. The molecule has 2 aromatic heterocycles. The molecule has 2 heterocycles. The van der Waals surface area contributed by atoms with Crippen molar-refractivity contribution in [3.05, 3.63) is 60.7 Å². The average molecular weight is 392 g/mol. The molecule has 2 N–H and O–H groups in total. The van der Waals surface area contributed by atoms with Gasteiger partial charge in [-0.15, -0.1) is 0 Å².